The van der Waals surface area contributed by atoms with E-state index in [-0.39, 0.29) is 0 Å². The van der Waals surface area contributed by atoms with Crippen LogP contribution in [0.4, 0.5) is 5.82 Å². The van der Waals surface area contributed by atoms with Crippen molar-refractivity contribution in [2.24, 2.45) is 0 Å². The number of fused-ring (bicyclic) bond motifs is 1. The van der Waals surface area contributed by atoms with Gasteiger partial charge in [-0.25, -0.2) is 4.98 Å². The molecule has 2 nitrogen and oxygen atoms in total. The second-order valence-electron chi connectivity index (χ2n) is 5.93. The van der Waals surface area contributed by atoms with Gasteiger partial charge in [-0.15, -0.1) is 11.6 Å². The molecule has 21 heavy (non-hydrogen) atoms. The molecule has 1 aromatic heterocycles. The van der Waals surface area contributed by atoms with E-state index in [1.54, 1.807) is 0 Å². The minimum absolute atomic E-state index is 0.530. The van der Waals surface area contributed by atoms with Crippen LogP contribution in [0.5, 0.6) is 0 Å². The van der Waals surface area contributed by atoms with Crippen molar-refractivity contribution in [3.8, 4) is 0 Å². The number of aromatic nitrogens is 1. The quantitative estimate of drug-likeness (QED) is 0.728. The Kier molecular flexibility index (Phi) is 4.64. The third kappa shape index (κ3) is 3.01. The average Bonchev–Trinajstić information content (AvgIpc) is 2.54. The maximum absolute atomic E-state index is 6.21. The molecule has 3 heteroatoms. The molecule has 3 rings (SSSR count). The van der Waals surface area contributed by atoms with Crippen molar-refractivity contribution >= 4 is 28.3 Å². The Morgan fingerprint density at radius 1 is 1.29 bits per heavy atom. The van der Waals surface area contributed by atoms with E-state index in [0.29, 0.717) is 11.9 Å². The molecule has 0 bridgehead atoms. The van der Waals surface area contributed by atoms with Gasteiger partial charge >= 0.3 is 0 Å². The maximum atomic E-state index is 6.21. The molecule has 1 atom stereocenters. The largest absolute Gasteiger partial charge is 0.353 e. The summed E-state index contributed by atoms with van der Waals surface area (Å²) in [7, 11) is 0. The van der Waals surface area contributed by atoms with E-state index in [0.717, 1.165) is 17.9 Å². The van der Waals surface area contributed by atoms with E-state index in [2.05, 4.69) is 42.2 Å². The van der Waals surface area contributed by atoms with Gasteiger partial charge in [-0.3, -0.25) is 0 Å². The highest BCUT2D eigenvalue weighted by Crippen LogP contribution is 2.31. The highest BCUT2D eigenvalue weighted by molar-refractivity contribution is 6.17. The molecule has 2 aromatic rings. The number of piperidine rings is 1. The van der Waals surface area contributed by atoms with Crippen LogP contribution >= 0.6 is 11.6 Å². The number of hydrogen-bond acceptors (Lipinski definition) is 2. The predicted octanol–water partition coefficient (Wildman–Crippen LogP) is 5.13. The molecule has 0 aliphatic carbocycles. The molecular formula is C18H23ClN2. The van der Waals surface area contributed by atoms with Crippen LogP contribution in [0.1, 0.15) is 44.6 Å². The molecule has 2 heterocycles. The summed E-state index contributed by atoms with van der Waals surface area (Å²) in [5, 5.41) is 1.18. The summed E-state index contributed by atoms with van der Waals surface area (Å²) in [5.74, 6) is 1.64. The molecule has 1 unspecified atom stereocenters. The smallest absolute Gasteiger partial charge is 0.133 e. The fourth-order valence-corrected chi connectivity index (χ4v) is 3.61. The number of rotatable bonds is 4. The molecule has 1 saturated heterocycles. The lowest BCUT2D eigenvalue weighted by atomic mass is 9.97. The van der Waals surface area contributed by atoms with Crippen molar-refractivity contribution in [1.82, 2.24) is 4.98 Å². The Morgan fingerprint density at radius 2 is 2.14 bits per heavy atom. The average molecular weight is 303 g/mol. The van der Waals surface area contributed by atoms with Crippen LogP contribution in [0, 0.1) is 0 Å². The Morgan fingerprint density at radius 3 is 2.95 bits per heavy atom. The number of anilines is 1. The first-order valence-corrected chi connectivity index (χ1v) is 8.58. The first-order chi connectivity index (χ1) is 10.3. The van der Waals surface area contributed by atoms with Crippen molar-refractivity contribution in [3.63, 3.8) is 0 Å². The van der Waals surface area contributed by atoms with E-state index < -0.39 is 0 Å². The fraction of sp³-hybridized carbons (Fsp3) is 0.500. The SMILES string of the molecule is CCCC1CCCCN1c1nc2ccccc2cc1CCl. The van der Waals surface area contributed by atoms with E-state index in [9.17, 15) is 0 Å². The Balaban J connectivity index is 2.04. The van der Waals surface area contributed by atoms with Gasteiger partial charge < -0.3 is 4.90 Å². The zero-order chi connectivity index (χ0) is 14.7. The first-order valence-electron chi connectivity index (χ1n) is 8.04. The van der Waals surface area contributed by atoms with E-state index >= 15 is 0 Å². The van der Waals surface area contributed by atoms with Gasteiger partial charge in [0.15, 0.2) is 0 Å². The zero-order valence-corrected chi connectivity index (χ0v) is 13.4. The summed E-state index contributed by atoms with van der Waals surface area (Å²) in [6.07, 6.45) is 6.35. The molecule has 112 valence electrons. The second kappa shape index (κ2) is 6.65. The van der Waals surface area contributed by atoms with Crippen molar-refractivity contribution in [2.45, 2.75) is 50.9 Å². The summed E-state index contributed by atoms with van der Waals surface area (Å²) in [5.41, 5.74) is 2.24. The van der Waals surface area contributed by atoms with Gasteiger partial charge in [-0.2, -0.15) is 0 Å². The van der Waals surface area contributed by atoms with Crippen LogP contribution in [0.2, 0.25) is 0 Å². The van der Waals surface area contributed by atoms with E-state index in [1.807, 2.05) is 0 Å². The second-order valence-corrected chi connectivity index (χ2v) is 6.20. The summed E-state index contributed by atoms with van der Waals surface area (Å²) >= 11 is 6.21. The van der Waals surface area contributed by atoms with Crippen molar-refractivity contribution in [1.29, 1.82) is 0 Å². The van der Waals surface area contributed by atoms with Crippen LogP contribution in [0.3, 0.4) is 0 Å². The fourth-order valence-electron chi connectivity index (χ4n) is 3.41. The van der Waals surface area contributed by atoms with E-state index in [4.69, 9.17) is 16.6 Å². The number of halogens is 1. The Labute approximate surface area is 132 Å². The minimum atomic E-state index is 0.530. The van der Waals surface area contributed by atoms with Gasteiger partial charge in [-0.1, -0.05) is 31.5 Å². The van der Waals surface area contributed by atoms with Gasteiger partial charge in [0.25, 0.3) is 0 Å². The van der Waals surface area contributed by atoms with Gasteiger partial charge in [0, 0.05) is 23.5 Å². The van der Waals surface area contributed by atoms with Crippen LogP contribution in [-0.4, -0.2) is 17.6 Å². The van der Waals surface area contributed by atoms with Crippen molar-refractivity contribution in [2.75, 3.05) is 11.4 Å². The standard InChI is InChI=1S/C18H23ClN2/c1-2-7-16-9-5-6-11-21(16)18-15(13-19)12-14-8-3-4-10-17(14)20-18/h3-4,8,10,12,16H,2,5-7,9,11,13H2,1H3. The van der Waals surface area contributed by atoms with Gasteiger partial charge in [-0.05, 0) is 37.8 Å². The Bertz CT molecular complexity index is 609. The highest BCUT2D eigenvalue weighted by atomic mass is 35.5. The number of benzene rings is 1. The predicted molar refractivity (Wildman–Crippen MR) is 91.2 cm³/mol. The molecule has 1 aliphatic heterocycles. The van der Waals surface area contributed by atoms with Crippen molar-refractivity contribution < 1.29 is 0 Å². The monoisotopic (exact) mass is 302 g/mol. The lowest BCUT2D eigenvalue weighted by Gasteiger charge is -2.37. The topological polar surface area (TPSA) is 16.1 Å². The van der Waals surface area contributed by atoms with Crippen LogP contribution in [0.15, 0.2) is 30.3 Å². The number of nitrogens with zero attached hydrogens (tertiary/aromatic N) is 2. The summed E-state index contributed by atoms with van der Waals surface area (Å²) in [6.45, 7) is 3.38. The zero-order valence-electron chi connectivity index (χ0n) is 12.7. The van der Waals surface area contributed by atoms with E-state index in [1.165, 1.54) is 43.1 Å². The first kappa shape index (κ1) is 14.6. The van der Waals surface area contributed by atoms with Gasteiger partial charge in [0.1, 0.15) is 5.82 Å². The summed E-state index contributed by atoms with van der Waals surface area (Å²) < 4.78 is 0. The molecular weight excluding hydrogens is 280 g/mol. The molecule has 0 spiro atoms. The number of para-hydroxylation sites is 1. The summed E-state index contributed by atoms with van der Waals surface area (Å²) in [6, 6.07) is 11.2. The summed E-state index contributed by atoms with van der Waals surface area (Å²) in [4.78, 5) is 7.45. The van der Waals surface area contributed by atoms with Crippen LogP contribution < -0.4 is 4.90 Å². The normalized spacial score (nSPS) is 19.1. The van der Waals surface area contributed by atoms with Gasteiger partial charge in [0.05, 0.1) is 11.4 Å². The van der Waals surface area contributed by atoms with Crippen LogP contribution in [-0.2, 0) is 5.88 Å². The third-order valence-corrected chi connectivity index (χ3v) is 4.73. The van der Waals surface area contributed by atoms with Gasteiger partial charge in [0.2, 0.25) is 0 Å². The molecule has 1 aliphatic rings. The molecule has 0 saturated carbocycles. The molecule has 1 fully saturated rings. The number of pyridine rings is 1. The molecule has 1 aromatic carbocycles. The molecule has 0 amide bonds. The minimum Gasteiger partial charge on any atom is -0.353 e. The molecule has 0 N–H and O–H groups in total. The number of hydrogen-bond donors (Lipinski definition) is 0. The lowest BCUT2D eigenvalue weighted by Crippen LogP contribution is -2.40. The lowest BCUT2D eigenvalue weighted by molar-refractivity contribution is 0.431. The highest BCUT2D eigenvalue weighted by Gasteiger charge is 2.24. The molecule has 0 radical (unpaired) electrons. The van der Waals surface area contributed by atoms with Crippen molar-refractivity contribution in [3.05, 3.63) is 35.9 Å². The number of alkyl halides is 1. The third-order valence-electron chi connectivity index (χ3n) is 4.45. The Hall–Kier alpha value is -1.28. The van der Waals surface area contributed by atoms with Crippen LogP contribution in [0.25, 0.3) is 10.9 Å². The maximum Gasteiger partial charge on any atom is 0.133 e.